The number of aryl methyl sites for hydroxylation is 2. The van der Waals surface area contributed by atoms with Gasteiger partial charge in [0.25, 0.3) is 0 Å². The first kappa shape index (κ1) is 17.4. The molecule has 6 heteroatoms. The van der Waals surface area contributed by atoms with Gasteiger partial charge in [0.2, 0.25) is 0 Å². The minimum absolute atomic E-state index is 0.116. The molecular formula is C21H23N3O3. The van der Waals surface area contributed by atoms with Crippen LogP contribution in [0, 0.1) is 0 Å². The summed E-state index contributed by atoms with van der Waals surface area (Å²) in [4.78, 5) is 15.5. The fourth-order valence-electron chi connectivity index (χ4n) is 3.47. The first-order valence-electron chi connectivity index (χ1n) is 9.35. The van der Waals surface area contributed by atoms with Crippen LogP contribution >= 0.6 is 0 Å². The van der Waals surface area contributed by atoms with E-state index in [-0.39, 0.29) is 6.42 Å². The molecule has 0 saturated heterocycles. The van der Waals surface area contributed by atoms with E-state index >= 15 is 0 Å². The molecule has 0 saturated carbocycles. The summed E-state index contributed by atoms with van der Waals surface area (Å²) in [6, 6.07) is 12.1. The minimum Gasteiger partial charge on any atom is -0.493 e. The number of aromatic nitrogens is 2. The SMILES string of the molecule is O=C(O)CCn1ccc2cc(OCCc3ccc4c(n3)CCCN4)ccc21. The number of rotatable bonds is 7. The summed E-state index contributed by atoms with van der Waals surface area (Å²) in [7, 11) is 0. The van der Waals surface area contributed by atoms with Gasteiger partial charge in [0.05, 0.1) is 24.4 Å². The third-order valence-electron chi connectivity index (χ3n) is 4.87. The average molecular weight is 365 g/mol. The van der Waals surface area contributed by atoms with Crippen molar-refractivity contribution in [3.05, 3.63) is 54.0 Å². The standard InChI is InChI=1S/C21H23N3O3/c25-21(26)8-12-24-11-7-15-14-17(4-6-20(15)24)27-13-9-16-3-5-18-19(23-16)2-1-10-22-18/h3-7,11,14,22H,1-2,8-10,12-13H2,(H,25,26). The summed E-state index contributed by atoms with van der Waals surface area (Å²) in [6.07, 6.45) is 4.97. The van der Waals surface area contributed by atoms with Crippen LogP contribution in [0.25, 0.3) is 10.9 Å². The van der Waals surface area contributed by atoms with E-state index in [9.17, 15) is 4.79 Å². The van der Waals surface area contributed by atoms with Crippen molar-refractivity contribution in [2.75, 3.05) is 18.5 Å². The lowest BCUT2D eigenvalue weighted by atomic mass is 10.1. The van der Waals surface area contributed by atoms with Crippen molar-refractivity contribution in [1.29, 1.82) is 0 Å². The van der Waals surface area contributed by atoms with Crippen LogP contribution in [0.3, 0.4) is 0 Å². The van der Waals surface area contributed by atoms with Gasteiger partial charge in [-0.05, 0) is 49.2 Å². The second-order valence-electron chi connectivity index (χ2n) is 6.80. The lowest BCUT2D eigenvalue weighted by molar-refractivity contribution is -0.137. The molecule has 3 aromatic rings. The van der Waals surface area contributed by atoms with Crippen LogP contribution in [0.15, 0.2) is 42.6 Å². The third kappa shape index (κ3) is 4.05. The van der Waals surface area contributed by atoms with E-state index in [0.717, 1.165) is 59.5 Å². The average Bonchev–Trinajstić information content (AvgIpc) is 3.08. The number of ether oxygens (including phenoxy) is 1. The van der Waals surface area contributed by atoms with Crippen molar-refractivity contribution in [2.45, 2.75) is 32.2 Å². The first-order valence-corrected chi connectivity index (χ1v) is 9.35. The zero-order chi connectivity index (χ0) is 18.6. The Hall–Kier alpha value is -3.02. The highest BCUT2D eigenvalue weighted by molar-refractivity contribution is 5.81. The molecule has 0 unspecified atom stereocenters. The van der Waals surface area contributed by atoms with Gasteiger partial charge in [0, 0.05) is 42.3 Å². The monoisotopic (exact) mass is 365 g/mol. The Labute approximate surface area is 157 Å². The van der Waals surface area contributed by atoms with Crippen LogP contribution in [0.4, 0.5) is 5.69 Å². The van der Waals surface area contributed by atoms with E-state index in [1.54, 1.807) is 0 Å². The Balaban J connectivity index is 1.37. The Morgan fingerprint density at radius 2 is 2.19 bits per heavy atom. The molecule has 0 spiro atoms. The van der Waals surface area contributed by atoms with Crippen molar-refractivity contribution in [3.63, 3.8) is 0 Å². The molecule has 0 atom stereocenters. The van der Waals surface area contributed by atoms with Gasteiger partial charge in [-0.25, -0.2) is 0 Å². The number of hydrogen-bond donors (Lipinski definition) is 2. The van der Waals surface area contributed by atoms with Crippen LogP contribution in [-0.4, -0.2) is 33.8 Å². The summed E-state index contributed by atoms with van der Waals surface area (Å²) < 4.78 is 7.87. The van der Waals surface area contributed by atoms with E-state index in [2.05, 4.69) is 17.4 Å². The number of carboxylic acids is 1. The van der Waals surface area contributed by atoms with Crippen LogP contribution in [0.5, 0.6) is 5.75 Å². The molecule has 6 nitrogen and oxygen atoms in total. The van der Waals surface area contributed by atoms with Crippen molar-refractivity contribution in [2.24, 2.45) is 0 Å². The summed E-state index contributed by atoms with van der Waals surface area (Å²) in [5.74, 6) is 0.0292. The van der Waals surface area contributed by atoms with E-state index in [1.165, 1.54) is 0 Å². The smallest absolute Gasteiger partial charge is 0.305 e. The Morgan fingerprint density at radius 3 is 3.07 bits per heavy atom. The Kier molecular flexibility index (Phi) is 4.96. The second kappa shape index (κ2) is 7.70. The topological polar surface area (TPSA) is 76.4 Å². The van der Waals surface area contributed by atoms with Gasteiger partial charge >= 0.3 is 5.97 Å². The van der Waals surface area contributed by atoms with Gasteiger partial charge in [0.1, 0.15) is 5.75 Å². The molecule has 0 radical (unpaired) electrons. The highest BCUT2D eigenvalue weighted by atomic mass is 16.5. The molecular weight excluding hydrogens is 342 g/mol. The first-order chi connectivity index (χ1) is 13.2. The van der Waals surface area contributed by atoms with Gasteiger partial charge in [-0.3, -0.25) is 9.78 Å². The zero-order valence-electron chi connectivity index (χ0n) is 15.1. The second-order valence-corrected chi connectivity index (χ2v) is 6.80. The van der Waals surface area contributed by atoms with Gasteiger partial charge in [-0.1, -0.05) is 0 Å². The largest absolute Gasteiger partial charge is 0.493 e. The molecule has 27 heavy (non-hydrogen) atoms. The summed E-state index contributed by atoms with van der Waals surface area (Å²) in [5.41, 5.74) is 4.39. The van der Waals surface area contributed by atoms with E-state index in [4.69, 9.17) is 14.8 Å². The number of carbonyl (C=O) groups is 1. The van der Waals surface area contributed by atoms with Gasteiger partial charge < -0.3 is 19.7 Å². The summed E-state index contributed by atoms with van der Waals surface area (Å²) in [6.45, 7) is 2.07. The van der Waals surface area contributed by atoms with Gasteiger partial charge in [0.15, 0.2) is 0 Å². The molecule has 3 heterocycles. The molecule has 2 aromatic heterocycles. The maximum absolute atomic E-state index is 10.8. The molecule has 0 fully saturated rings. The van der Waals surface area contributed by atoms with Crippen LogP contribution < -0.4 is 10.1 Å². The lowest BCUT2D eigenvalue weighted by Gasteiger charge is -2.17. The van der Waals surface area contributed by atoms with E-state index in [0.29, 0.717) is 13.2 Å². The number of fused-ring (bicyclic) bond motifs is 2. The van der Waals surface area contributed by atoms with Crippen molar-refractivity contribution >= 4 is 22.6 Å². The number of benzene rings is 1. The predicted octanol–water partition coefficient (Wildman–Crippen LogP) is 3.49. The number of hydrogen-bond acceptors (Lipinski definition) is 4. The molecule has 140 valence electrons. The Morgan fingerprint density at radius 1 is 1.26 bits per heavy atom. The van der Waals surface area contributed by atoms with Crippen LogP contribution in [0.2, 0.25) is 0 Å². The maximum atomic E-state index is 10.8. The molecule has 0 amide bonds. The third-order valence-corrected chi connectivity index (χ3v) is 4.87. The lowest BCUT2D eigenvalue weighted by Crippen LogP contribution is -2.14. The summed E-state index contributed by atoms with van der Waals surface area (Å²) in [5, 5.41) is 13.3. The maximum Gasteiger partial charge on any atom is 0.305 e. The normalized spacial score (nSPS) is 13.2. The molecule has 0 bridgehead atoms. The van der Waals surface area contributed by atoms with Gasteiger partial charge in [-0.15, -0.1) is 0 Å². The van der Waals surface area contributed by atoms with E-state index in [1.807, 2.05) is 35.0 Å². The number of pyridine rings is 1. The highest BCUT2D eigenvalue weighted by Gasteiger charge is 2.10. The highest BCUT2D eigenvalue weighted by Crippen LogP contribution is 2.23. The van der Waals surface area contributed by atoms with Crippen LogP contribution in [-0.2, 0) is 24.2 Å². The molecule has 1 aliphatic heterocycles. The molecule has 1 aromatic carbocycles. The molecule has 4 rings (SSSR count). The fraction of sp³-hybridized carbons (Fsp3) is 0.333. The number of carboxylic acid groups (broad SMARTS) is 1. The zero-order valence-corrected chi connectivity index (χ0v) is 15.1. The summed E-state index contributed by atoms with van der Waals surface area (Å²) >= 11 is 0. The quantitative estimate of drug-likeness (QED) is 0.670. The predicted molar refractivity (Wildman–Crippen MR) is 104 cm³/mol. The van der Waals surface area contributed by atoms with Crippen LogP contribution in [0.1, 0.15) is 24.2 Å². The van der Waals surface area contributed by atoms with Gasteiger partial charge in [-0.2, -0.15) is 0 Å². The molecule has 0 aliphatic carbocycles. The Bertz CT molecular complexity index is 964. The number of aliphatic carboxylic acids is 1. The van der Waals surface area contributed by atoms with E-state index < -0.39 is 5.97 Å². The number of nitrogens with zero attached hydrogens (tertiary/aromatic N) is 2. The number of nitrogens with one attached hydrogen (secondary N) is 1. The van der Waals surface area contributed by atoms with Crippen molar-refractivity contribution in [3.8, 4) is 5.75 Å². The molecule has 2 N–H and O–H groups in total. The van der Waals surface area contributed by atoms with Crippen molar-refractivity contribution in [1.82, 2.24) is 9.55 Å². The minimum atomic E-state index is -0.789. The van der Waals surface area contributed by atoms with Crippen molar-refractivity contribution < 1.29 is 14.6 Å². The fourth-order valence-corrected chi connectivity index (χ4v) is 3.47. The number of anilines is 1. The molecule has 1 aliphatic rings.